The van der Waals surface area contributed by atoms with Gasteiger partial charge in [-0.2, -0.15) is 0 Å². The standard InChI is InChI=1S/C16H17BrN2O3S/c1-22-16-7-6-13(9-14(16)17)23(20,21)19-10-12(18)8-11-4-2-3-5-15(11)19/h2-7,9,12H,8,10,18H2,1H3. The normalized spacial score (nSPS) is 17.7. The number of fused-ring (bicyclic) bond motifs is 1. The van der Waals surface area contributed by atoms with E-state index in [1.54, 1.807) is 18.2 Å². The van der Waals surface area contributed by atoms with Crippen molar-refractivity contribution >= 4 is 31.6 Å². The van der Waals surface area contributed by atoms with E-state index in [-0.39, 0.29) is 17.5 Å². The Morgan fingerprint density at radius 3 is 2.70 bits per heavy atom. The van der Waals surface area contributed by atoms with Crippen molar-refractivity contribution in [1.82, 2.24) is 0 Å². The molecule has 0 radical (unpaired) electrons. The van der Waals surface area contributed by atoms with Crippen LogP contribution in [-0.4, -0.2) is 28.1 Å². The maximum Gasteiger partial charge on any atom is 0.264 e. The summed E-state index contributed by atoms with van der Waals surface area (Å²) in [5.74, 6) is 0.583. The zero-order chi connectivity index (χ0) is 16.6. The third kappa shape index (κ3) is 2.96. The predicted octanol–water partition coefficient (Wildman–Crippen LogP) is 2.54. The van der Waals surface area contributed by atoms with Gasteiger partial charge in [0, 0.05) is 12.6 Å². The van der Waals surface area contributed by atoms with Gasteiger partial charge in [0.25, 0.3) is 10.0 Å². The Balaban J connectivity index is 2.08. The maximum atomic E-state index is 13.1. The Morgan fingerprint density at radius 2 is 2.00 bits per heavy atom. The van der Waals surface area contributed by atoms with Crippen molar-refractivity contribution in [2.45, 2.75) is 17.4 Å². The number of anilines is 1. The molecule has 2 aromatic carbocycles. The maximum absolute atomic E-state index is 13.1. The van der Waals surface area contributed by atoms with Gasteiger partial charge >= 0.3 is 0 Å². The summed E-state index contributed by atoms with van der Waals surface area (Å²) in [7, 11) is -2.15. The van der Waals surface area contributed by atoms with Crippen LogP contribution in [0.1, 0.15) is 5.56 Å². The molecule has 5 nitrogen and oxygen atoms in total. The molecule has 2 N–H and O–H groups in total. The van der Waals surface area contributed by atoms with Gasteiger partial charge in [0.15, 0.2) is 0 Å². The number of rotatable bonds is 3. The topological polar surface area (TPSA) is 72.6 Å². The van der Waals surface area contributed by atoms with Crippen LogP contribution >= 0.6 is 15.9 Å². The average molecular weight is 397 g/mol. The molecular weight excluding hydrogens is 380 g/mol. The van der Waals surface area contributed by atoms with Crippen LogP contribution in [0, 0.1) is 0 Å². The Kier molecular flexibility index (Phi) is 4.35. The molecule has 0 bridgehead atoms. The number of hydrogen-bond acceptors (Lipinski definition) is 4. The van der Waals surface area contributed by atoms with E-state index >= 15 is 0 Å². The lowest BCUT2D eigenvalue weighted by Crippen LogP contribution is -2.46. The Hall–Kier alpha value is -1.57. The number of methoxy groups -OCH3 is 1. The highest BCUT2D eigenvalue weighted by Gasteiger charge is 2.32. The summed E-state index contributed by atoms with van der Waals surface area (Å²) in [5, 5.41) is 0. The number of nitrogens with zero attached hydrogens (tertiary/aromatic N) is 1. The average Bonchev–Trinajstić information content (AvgIpc) is 2.53. The minimum atomic E-state index is -3.69. The second-order valence-electron chi connectivity index (χ2n) is 5.43. The van der Waals surface area contributed by atoms with Crippen molar-refractivity contribution in [2.75, 3.05) is 18.0 Å². The summed E-state index contributed by atoms with van der Waals surface area (Å²) in [4.78, 5) is 0.203. The highest BCUT2D eigenvalue weighted by atomic mass is 79.9. The van der Waals surface area contributed by atoms with Gasteiger partial charge in [-0.05, 0) is 52.2 Å². The lowest BCUT2D eigenvalue weighted by Gasteiger charge is -2.33. The van der Waals surface area contributed by atoms with Crippen molar-refractivity contribution in [1.29, 1.82) is 0 Å². The number of benzene rings is 2. The molecule has 0 aromatic heterocycles. The van der Waals surface area contributed by atoms with Crippen molar-refractivity contribution in [3.05, 3.63) is 52.5 Å². The fourth-order valence-corrected chi connectivity index (χ4v) is 5.03. The minimum absolute atomic E-state index is 0.203. The van der Waals surface area contributed by atoms with Crippen molar-refractivity contribution in [3.8, 4) is 5.75 Å². The van der Waals surface area contributed by atoms with Gasteiger partial charge in [0.1, 0.15) is 5.75 Å². The van der Waals surface area contributed by atoms with Gasteiger partial charge < -0.3 is 10.5 Å². The Bertz CT molecular complexity index is 839. The molecule has 1 heterocycles. The molecule has 2 aromatic rings. The minimum Gasteiger partial charge on any atom is -0.496 e. The molecule has 0 fully saturated rings. The first-order valence-corrected chi connectivity index (χ1v) is 9.36. The molecule has 0 saturated carbocycles. The number of sulfonamides is 1. The first kappa shape index (κ1) is 16.3. The molecule has 0 saturated heterocycles. The largest absolute Gasteiger partial charge is 0.496 e. The van der Waals surface area contributed by atoms with E-state index in [9.17, 15) is 8.42 Å². The lowest BCUT2D eigenvalue weighted by molar-refractivity contribution is 0.411. The van der Waals surface area contributed by atoms with E-state index in [0.29, 0.717) is 22.3 Å². The van der Waals surface area contributed by atoms with Crippen LogP contribution in [0.3, 0.4) is 0 Å². The van der Waals surface area contributed by atoms with Crippen LogP contribution in [0.5, 0.6) is 5.75 Å². The number of nitrogens with two attached hydrogens (primary N) is 1. The second kappa shape index (κ2) is 6.14. The van der Waals surface area contributed by atoms with E-state index in [1.165, 1.54) is 11.4 Å². The van der Waals surface area contributed by atoms with Crippen LogP contribution in [0.15, 0.2) is 51.8 Å². The summed E-state index contributed by atoms with van der Waals surface area (Å²) in [6.07, 6.45) is 0.675. The Labute approximate surface area is 144 Å². The van der Waals surface area contributed by atoms with Crippen LogP contribution in [0.2, 0.25) is 0 Å². The summed E-state index contributed by atoms with van der Waals surface area (Å²) in [5.41, 5.74) is 7.70. The SMILES string of the molecule is COc1ccc(S(=O)(=O)N2CC(N)Cc3ccccc32)cc1Br. The molecule has 3 rings (SSSR count). The smallest absolute Gasteiger partial charge is 0.264 e. The summed E-state index contributed by atoms with van der Waals surface area (Å²) in [6, 6.07) is 12.0. The number of para-hydroxylation sites is 1. The van der Waals surface area contributed by atoms with E-state index in [1.807, 2.05) is 24.3 Å². The fourth-order valence-electron chi connectivity index (χ4n) is 2.75. The zero-order valence-electron chi connectivity index (χ0n) is 12.6. The van der Waals surface area contributed by atoms with Gasteiger partial charge in [-0.3, -0.25) is 4.31 Å². The van der Waals surface area contributed by atoms with Crippen molar-refractivity contribution in [3.63, 3.8) is 0 Å². The first-order chi connectivity index (χ1) is 10.9. The molecular formula is C16H17BrN2O3S. The number of ether oxygens (including phenoxy) is 1. The molecule has 0 spiro atoms. The lowest BCUT2D eigenvalue weighted by atomic mass is 10.0. The molecule has 0 aliphatic carbocycles. The highest BCUT2D eigenvalue weighted by Crippen LogP contribution is 2.34. The molecule has 122 valence electrons. The van der Waals surface area contributed by atoms with Gasteiger partial charge in [-0.1, -0.05) is 18.2 Å². The predicted molar refractivity (Wildman–Crippen MR) is 93.3 cm³/mol. The Morgan fingerprint density at radius 1 is 1.26 bits per heavy atom. The van der Waals surface area contributed by atoms with E-state index in [4.69, 9.17) is 10.5 Å². The third-order valence-electron chi connectivity index (χ3n) is 3.85. The van der Waals surface area contributed by atoms with Crippen LogP contribution in [0.25, 0.3) is 0 Å². The van der Waals surface area contributed by atoms with Crippen LogP contribution in [-0.2, 0) is 16.4 Å². The third-order valence-corrected chi connectivity index (χ3v) is 6.25. The quantitative estimate of drug-likeness (QED) is 0.864. The molecule has 1 unspecified atom stereocenters. The second-order valence-corrected chi connectivity index (χ2v) is 8.14. The molecule has 23 heavy (non-hydrogen) atoms. The van der Waals surface area contributed by atoms with E-state index in [0.717, 1.165) is 5.56 Å². The molecule has 7 heteroatoms. The summed E-state index contributed by atoms with van der Waals surface area (Å²) in [6.45, 7) is 0.267. The molecule has 0 amide bonds. The highest BCUT2D eigenvalue weighted by molar-refractivity contribution is 9.10. The fraction of sp³-hybridized carbons (Fsp3) is 0.250. The molecule has 1 atom stereocenters. The van der Waals surface area contributed by atoms with Crippen molar-refractivity contribution in [2.24, 2.45) is 5.73 Å². The van der Waals surface area contributed by atoms with Crippen molar-refractivity contribution < 1.29 is 13.2 Å². The van der Waals surface area contributed by atoms with E-state index in [2.05, 4.69) is 15.9 Å². The summed E-state index contributed by atoms with van der Waals surface area (Å²) < 4.78 is 33.3. The molecule has 1 aliphatic heterocycles. The van der Waals surface area contributed by atoms with Gasteiger partial charge in [0.2, 0.25) is 0 Å². The zero-order valence-corrected chi connectivity index (χ0v) is 15.0. The van der Waals surface area contributed by atoms with E-state index < -0.39 is 10.0 Å². The number of halogens is 1. The number of hydrogen-bond donors (Lipinski definition) is 1. The van der Waals surface area contributed by atoms with Gasteiger partial charge in [-0.15, -0.1) is 0 Å². The van der Waals surface area contributed by atoms with Gasteiger partial charge in [-0.25, -0.2) is 8.42 Å². The molecule has 1 aliphatic rings. The van der Waals surface area contributed by atoms with Gasteiger partial charge in [0.05, 0.1) is 22.2 Å². The van der Waals surface area contributed by atoms with Crippen LogP contribution < -0.4 is 14.8 Å². The first-order valence-electron chi connectivity index (χ1n) is 7.13. The van der Waals surface area contributed by atoms with Crippen LogP contribution in [0.4, 0.5) is 5.69 Å². The summed E-state index contributed by atoms with van der Waals surface area (Å²) >= 11 is 3.33. The monoisotopic (exact) mass is 396 g/mol.